The molecule has 29 heavy (non-hydrogen) atoms. The van der Waals surface area contributed by atoms with Gasteiger partial charge in [0.2, 0.25) is 5.91 Å². The Bertz CT molecular complexity index is 1010. The minimum Gasteiger partial charge on any atom is -0.497 e. The molecule has 0 atom stereocenters. The molecule has 0 unspecified atom stereocenters. The van der Waals surface area contributed by atoms with Crippen LogP contribution in [0.15, 0.2) is 28.7 Å². The van der Waals surface area contributed by atoms with Crippen LogP contribution in [0, 0.1) is 6.92 Å². The van der Waals surface area contributed by atoms with Crippen molar-refractivity contribution in [3.63, 3.8) is 0 Å². The van der Waals surface area contributed by atoms with Gasteiger partial charge in [0, 0.05) is 28.9 Å². The van der Waals surface area contributed by atoms with E-state index in [1.807, 2.05) is 11.6 Å². The lowest BCUT2D eigenvalue weighted by molar-refractivity contribution is -0.113. The van der Waals surface area contributed by atoms with E-state index in [1.54, 1.807) is 43.8 Å². The summed E-state index contributed by atoms with van der Waals surface area (Å²) in [4.78, 5) is 13.7. The molecule has 3 aromatic rings. The minimum atomic E-state index is -0.149. The van der Waals surface area contributed by atoms with Crippen molar-refractivity contribution in [2.75, 3.05) is 25.3 Å². The van der Waals surface area contributed by atoms with Crippen molar-refractivity contribution >= 4 is 34.7 Å². The molecule has 0 radical (unpaired) electrons. The van der Waals surface area contributed by atoms with E-state index in [1.165, 1.54) is 22.2 Å². The van der Waals surface area contributed by atoms with E-state index in [-0.39, 0.29) is 11.7 Å². The highest BCUT2D eigenvalue weighted by atomic mass is 32.2. The summed E-state index contributed by atoms with van der Waals surface area (Å²) in [5, 5.41) is 14.3. The largest absolute Gasteiger partial charge is 0.497 e. The van der Waals surface area contributed by atoms with Crippen molar-refractivity contribution < 1.29 is 14.3 Å². The number of hydrogen-bond acceptors (Lipinski definition) is 7. The molecule has 0 aliphatic carbocycles. The van der Waals surface area contributed by atoms with Crippen molar-refractivity contribution in [2.24, 2.45) is 7.05 Å². The first-order valence-corrected chi connectivity index (χ1v) is 11.0. The lowest BCUT2D eigenvalue weighted by atomic mass is 10.1. The van der Waals surface area contributed by atoms with Gasteiger partial charge in [-0.15, -0.1) is 21.5 Å². The highest BCUT2D eigenvalue weighted by Gasteiger charge is 2.18. The molecule has 0 bridgehead atoms. The normalized spacial score (nSPS) is 10.8. The van der Waals surface area contributed by atoms with Crippen LogP contribution in [-0.2, 0) is 18.3 Å². The number of thioether (sulfide) groups is 1. The summed E-state index contributed by atoms with van der Waals surface area (Å²) in [6.45, 7) is 4.26. The topological polar surface area (TPSA) is 78.3 Å². The monoisotopic (exact) mass is 432 g/mol. The SMILES string of the molecule is CCc1c(-c2nnc(SCC(=O)Nc3ccc(OC)cc3OC)n2C)csc1C. The number of ether oxygens (including phenoxy) is 2. The van der Waals surface area contributed by atoms with Gasteiger partial charge in [-0.2, -0.15) is 0 Å². The zero-order valence-electron chi connectivity index (χ0n) is 17.1. The van der Waals surface area contributed by atoms with E-state index in [4.69, 9.17) is 9.47 Å². The molecule has 154 valence electrons. The second-order valence-electron chi connectivity index (χ2n) is 6.31. The molecule has 7 nitrogen and oxygen atoms in total. The molecule has 0 saturated carbocycles. The number of anilines is 1. The molecule has 0 aliphatic heterocycles. The highest BCUT2D eigenvalue weighted by Crippen LogP contribution is 2.32. The molecule has 2 aromatic heterocycles. The van der Waals surface area contributed by atoms with Crippen LogP contribution in [0.2, 0.25) is 0 Å². The number of carbonyl (C=O) groups is 1. The van der Waals surface area contributed by atoms with Crippen molar-refractivity contribution in [1.82, 2.24) is 14.8 Å². The smallest absolute Gasteiger partial charge is 0.234 e. The van der Waals surface area contributed by atoms with E-state index < -0.39 is 0 Å². The molecule has 0 saturated heterocycles. The predicted octanol–water partition coefficient (Wildman–Crippen LogP) is 4.16. The van der Waals surface area contributed by atoms with Crippen LogP contribution in [0.5, 0.6) is 11.5 Å². The minimum absolute atomic E-state index is 0.149. The third kappa shape index (κ3) is 4.56. The fraction of sp³-hybridized carbons (Fsp3) is 0.350. The second kappa shape index (κ2) is 9.32. The molecule has 1 amide bonds. The summed E-state index contributed by atoms with van der Waals surface area (Å²) in [6.07, 6.45) is 0.950. The van der Waals surface area contributed by atoms with Crippen LogP contribution in [0.1, 0.15) is 17.4 Å². The molecule has 0 aliphatic rings. The van der Waals surface area contributed by atoms with Gasteiger partial charge in [0.25, 0.3) is 0 Å². The molecule has 1 N–H and O–H groups in total. The zero-order chi connectivity index (χ0) is 21.0. The summed E-state index contributed by atoms with van der Waals surface area (Å²) in [7, 11) is 5.06. The van der Waals surface area contributed by atoms with Crippen LogP contribution >= 0.6 is 23.1 Å². The van der Waals surface area contributed by atoms with Gasteiger partial charge in [0.05, 0.1) is 25.7 Å². The predicted molar refractivity (Wildman–Crippen MR) is 117 cm³/mol. The standard InChI is InChI=1S/C20H24N4O3S2/c1-6-14-12(2)28-10-15(14)19-22-23-20(24(19)3)29-11-18(25)21-16-8-7-13(26-4)9-17(16)27-5/h7-10H,6,11H2,1-5H3,(H,21,25). The third-order valence-corrected chi connectivity index (χ3v) is 6.52. The van der Waals surface area contributed by atoms with Crippen molar-refractivity contribution in [2.45, 2.75) is 25.4 Å². The Balaban J connectivity index is 1.68. The number of thiophene rings is 1. The van der Waals surface area contributed by atoms with Gasteiger partial charge in [-0.05, 0) is 31.0 Å². The van der Waals surface area contributed by atoms with Gasteiger partial charge >= 0.3 is 0 Å². The van der Waals surface area contributed by atoms with Gasteiger partial charge in [-0.3, -0.25) is 4.79 Å². The average molecular weight is 433 g/mol. The number of aromatic nitrogens is 3. The number of nitrogens with zero attached hydrogens (tertiary/aromatic N) is 3. The van der Waals surface area contributed by atoms with Crippen LogP contribution in [0.4, 0.5) is 5.69 Å². The van der Waals surface area contributed by atoms with Crippen molar-refractivity contribution in [3.05, 3.63) is 34.0 Å². The molecule has 2 heterocycles. The molecule has 0 spiro atoms. The first-order chi connectivity index (χ1) is 14.0. The number of methoxy groups -OCH3 is 2. The number of benzene rings is 1. The summed E-state index contributed by atoms with van der Waals surface area (Å²) >= 11 is 3.07. The number of carbonyl (C=O) groups excluding carboxylic acids is 1. The van der Waals surface area contributed by atoms with E-state index in [9.17, 15) is 4.79 Å². The number of amides is 1. The van der Waals surface area contributed by atoms with Gasteiger partial charge in [-0.1, -0.05) is 18.7 Å². The van der Waals surface area contributed by atoms with Crippen LogP contribution < -0.4 is 14.8 Å². The van der Waals surface area contributed by atoms with Crippen molar-refractivity contribution in [3.8, 4) is 22.9 Å². The number of rotatable bonds is 8. The van der Waals surface area contributed by atoms with Gasteiger partial charge in [0.15, 0.2) is 11.0 Å². The molecule has 1 aromatic carbocycles. The Morgan fingerprint density at radius 3 is 2.76 bits per heavy atom. The van der Waals surface area contributed by atoms with Gasteiger partial charge < -0.3 is 19.4 Å². The maximum atomic E-state index is 12.4. The summed E-state index contributed by atoms with van der Waals surface area (Å²) in [5.41, 5.74) is 3.01. The fourth-order valence-corrected chi connectivity index (χ4v) is 4.65. The van der Waals surface area contributed by atoms with Gasteiger partial charge in [-0.25, -0.2) is 0 Å². The Morgan fingerprint density at radius 2 is 2.07 bits per heavy atom. The Kier molecular flexibility index (Phi) is 6.81. The quantitative estimate of drug-likeness (QED) is 0.539. The Morgan fingerprint density at radius 1 is 1.28 bits per heavy atom. The zero-order valence-corrected chi connectivity index (χ0v) is 18.7. The fourth-order valence-electron chi connectivity index (χ4n) is 3.00. The van der Waals surface area contributed by atoms with E-state index in [2.05, 4.69) is 34.7 Å². The van der Waals surface area contributed by atoms with Crippen LogP contribution in [-0.4, -0.2) is 40.6 Å². The van der Waals surface area contributed by atoms with Crippen molar-refractivity contribution in [1.29, 1.82) is 0 Å². The maximum absolute atomic E-state index is 12.4. The van der Waals surface area contributed by atoms with E-state index in [0.29, 0.717) is 22.3 Å². The highest BCUT2D eigenvalue weighted by molar-refractivity contribution is 7.99. The lowest BCUT2D eigenvalue weighted by Gasteiger charge is -2.11. The van der Waals surface area contributed by atoms with Gasteiger partial charge in [0.1, 0.15) is 11.5 Å². The number of hydrogen-bond donors (Lipinski definition) is 1. The third-order valence-electron chi connectivity index (χ3n) is 4.55. The Labute approximate surface area is 178 Å². The first kappa shape index (κ1) is 21.2. The Hall–Kier alpha value is -2.52. The number of aryl methyl sites for hydroxylation is 1. The molecule has 3 rings (SSSR count). The summed E-state index contributed by atoms with van der Waals surface area (Å²) in [5.74, 6) is 2.10. The molecular weight excluding hydrogens is 408 g/mol. The summed E-state index contributed by atoms with van der Waals surface area (Å²) < 4.78 is 12.4. The molecular formula is C20H24N4O3S2. The second-order valence-corrected chi connectivity index (χ2v) is 8.33. The average Bonchev–Trinajstić information content (AvgIpc) is 3.28. The molecule has 0 fully saturated rings. The van der Waals surface area contributed by atoms with Crippen LogP contribution in [0.3, 0.4) is 0 Å². The lowest BCUT2D eigenvalue weighted by Crippen LogP contribution is -2.15. The molecule has 9 heteroatoms. The van der Waals surface area contributed by atoms with Crippen LogP contribution in [0.25, 0.3) is 11.4 Å². The number of nitrogens with one attached hydrogen (secondary N) is 1. The first-order valence-electron chi connectivity index (χ1n) is 9.09. The summed E-state index contributed by atoms with van der Waals surface area (Å²) in [6, 6.07) is 5.26. The maximum Gasteiger partial charge on any atom is 0.234 e. The van der Waals surface area contributed by atoms with E-state index >= 15 is 0 Å². The van der Waals surface area contributed by atoms with E-state index in [0.717, 1.165) is 17.8 Å².